The Bertz CT molecular complexity index is 559. The molecule has 23 heavy (non-hydrogen) atoms. The van der Waals surface area contributed by atoms with Crippen LogP contribution >= 0.6 is 0 Å². The number of fused-ring (bicyclic) bond motifs is 1. The van der Waals surface area contributed by atoms with E-state index in [2.05, 4.69) is 12.1 Å². The number of benzene rings is 1. The van der Waals surface area contributed by atoms with Crippen molar-refractivity contribution in [1.29, 1.82) is 0 Å². The van der Waals surface area contributed by atoms with Crippen LogP contribution in [0.25, 0.3) is 0 Å². The van der Waals surface area contributed by atoms with Crippen LogP contribution in [-0.4, -0.2) is 33.2 Å². The molecule has 2 N–H and O–H groups in total. The van der Waals surface area contributed by atoms with Crippen LogP contribution in [0, 0.1) is 5.92 Å². The van der Waals surface area contributed by atoms with E-state index >= 15 is 0 Å². The van der Waals surface area contributed by atoms with Crippen LogP contribution in [0.4, 0.5) is 5.69 Å². The molecule has 5 nitrogen and oxygen atoms in total. The predicted molar refractivity (Wildman–Crippen MR) is 91.9 cm³/mol. The van der Waals surface area contributed by atoms with Crippen LogP contribution < -0.4 is 15.4 Å². The predicted octanol–water partition coefficient (Wildman–Crippen LogP) is 2.31. The summed E-state index contributed by atoms with van der Waals surface area (Å²) < 4.78 is 11.0. The highest BCUT2D eigenvalue weighted by molar-refractivity contribution is 6.52. The fourth-order valence-corrected chi connectivity index (χ4v) is 3.57. The highest BCUT2D eigenvalue weighted by Gasteiger charge is 2.25. The average molecular weight is 316 g/mol. The zero-order chi connectivity index (χ0) is 16.2. The quantitative estimate of drug-likeness (QED) is 0.669. The highest BCUT2D eigenvalue weighted by Crippen LogP contribution is 2.34. The van der Waals surface area contributed by atoms with Gasteiger partial charge < -0.3 is 20.0 Å². The molecule has 3 rings (SSSR count). The SMILES string of the molecule is CN1C(=O)COc2ccc(CCC3CCB(OCN)CC3)cc21. The van der Waals surface area contributed by atoms with Gasteiger partial charge in [0.2, 0.25) is 0 Å². The Morgan fingerprint density at radius 2 is 2.17 bits per heavy atom. The molecule has 2 aliphatic heterocycles. The first-order valence-electron chi connectivity index (χ1n) is 8.51. The molecule has 1 fully saturated rings. The number of amides is 1. The number of rotatable bonds is 5. The number of aryl methyl sites for hydroxylation is 1. The zero-order valence-electron chi connectivity index (χ0n) is 13.8. The van der Waals surface area contributed by atoms with E-state index in [9.17, 15) is 4.79 Å². The van der Waals surface area contributed by atoms with Gasteiger partial charge in [0.15, 0.2) is 6.61 Å². The minimum atomic E-state index is 0.00729. The first-order valence-corrected chi connectivity index (χ1v) is 8.51. The number of nitrogens with two attached hydrogens (primary N) is 1. The van der Waals surface area contributed by atoms with Gasteiger partial charge in [-0.1, -0.05) is 18.9 Å². The third kappa shape index (κ3) is 3.87. The minimum absolute atomic E-state index is 0.00729. The minimum Gasteiger partial charge on any atom is -0.482 e. The molecular formula is C17H25BN2O3. The second kappa shape index (κ2) is 7.36. The smallest absolute Gasteiger partial charge is 0.294 e. The number of nitrogens with zero attached hydrogens (tertiary/aromatic N) is 1. The summed E-state index contributed by atoms with van der Waals surface area (Å²) in [6, 6.07) is 6.20. The molecule has 0 saturated carbocycles. The first-order chi connectivity index (χ1) is 11.2. The molecule has 2 aliphatic rings. The maximum Gasteiger partial charge on any atom is 0.294 e. The van der Waals surface area contributed by atoms with E-state index in [0.717, 1.165) is 36.4 Å². The monoisotopic (exact) mass is 316 g/mol. The number of anilines is 1. The summed E-state index contributed by atoms with van der Waals surface area (Å²) in [4.78, 5) is 13.4. The molecule has 6 heteroatoms. The summed E-state index contributed by atoms with van der Waals surface area (Å²) in [7, 11) is 1.81. The fraction of sp³-hybridized carbons (Fsp3) is 0.588. The zero-order valence-corrected chi connectivity index (χ0v) is 13.8. The van der Waals surface area contributed by atoms with Crippen molar-refractivity contribution in [3.63, 3.8) is 0 Å². The van der Waals surface area contributed by atoms with Gasteiger partial charge in [-0.05, 0) is 49.1 Å². The topological polar surface area (TPSA) is 64.8 Å². The van der Waals surface area contributed by atoms with E-state index < -0.39 is 0 Å². The second-order valence-electron chi connectivity index (χ2n) is 6.56. The van der Waals surface area contributed by atoms with Gasteiger partial charge in [-0.15, -0.1) is 0 Å². The summed E-state index contributed by atoms with van der Waals surface area (Å²) in [6.45, 7) is 0.826. The van der Waals surface area contributed by atoms with Crippen molar-refractivity contribution in [2.24, 2.45) is 11.7 Å². The van der Waals surface area contributed by atoms with Crippen LogP contribution in [-0.2, 0) is 15.9 Å². The Kier molecular flexibility index (Phi) is 5.23. The van der Waals surface area contributed by atoms with Crippen LogP contribution in [0.2, 0.25) is 12.6 Å². The van der Waals surface area contributed by atoms with Crippen LogP contribution in [0.15, 0.2) is 18.2 Å². The van der Waals surface area contributed by atoms with Gasteiger partial charge in [0, 0.05) is 7.05 Å². The van der Waals surface area contributed by atoms with E-state index in [1.807, 2.05) is 13.1 Å². The van der Waals surface area contributed by atoms with Crippen molar-refractivity contribution in [3.05, 3.63) is 23.8 Å². The molecule has 0 aromatic heterocycles. The third-order valence-electron chi connectivity index (χ3n) is 5.08. The first kappa shape index (κ1) is 16.3. The number of hydrogen-bond acceptors (Lipinski definition) is 4. The van der Waals surface area contributed by atoms with Crippen molar-refractivity contribution in [2.75, 3.05) is 25.3 Å². The number of likely N-dealkylation sites (N-methyl/N-ethyl adjacent to an activating group) is 1. The van der Waals surface area contributed by atoms with Gasteiger partial charge in [-0.2, -0.15) is 0 Å². The summed E-state index contributed by atoms with van der Waals surface area (Å²) in [6.07, 6.45) is 6.91. The maximum atomic E-state index is 11.7. The van der Waals surface area contributed by atoms with E-state index in [1.54, 1.807) is 4.90 Å². The van der Waals surface area contributed by atoms with Crippen molar-refractivity contribution >= 4 is 18.5 Å². The van der Waals surface area contributed by atoms with Gasteiger partial charge in [0.1, 0.15) is 5.75 Å². The van der Waals surface area contributed by atoms with Crippen LogP contribution in [0.1, 0.15) is 24.8 Å². The van der Waals surface area contributed by atoms with E-state index in [4.69, 9.17) is 15.1 Å². The van der Waals surface area contributed by atoms with Gasteiger partial charge in [-0.25, -0.2) is 0 Å². The number of hydrogen-bond donors (Lipinski definition) is 1. The maximum absolute atomic E-state index is 11.7. The summed E-state index contributed by atoms with van der Waals surface area (Å²) in [5.41, 5.74) is 7.61. The lowest BCUT2D eigenvalue weighted by atomic mass is 9.53. The van der Waals surface area contributed by atoms with Crippen LogP contribution in [0.3, 0.4) is 0 Å². The lowest BCUT2D eigenvalue weighted by molar-refractivity contribution is -0.120. The summed E-state index contributed by atoms with van der Waals surface area (Å²) >= 11 is 0. The molecule has 1 amide bonds. The van der Waals surface area contributed by atoms with Crippen molar-refractivity contribution in [1.82, 2.24) is 0 Å². The molecule has 124 valence electrons. The number of carbonyl (C=O) groups excluding carboxylic acids is 1. The van der Waals surface area contributed by atoms with E-state index in [1.165, 1.54) is 24.8 Å². The molecule has 1 aromatic carbocycles. The van der Waals surface area contributed by atoms with Crippen molar-refractivity contribution in [3.8, 4) is 5.75 Å². The second-order valence-corrected chi connectivity index (χ2v) is 6.56. The largest absolute Gasteiger partial charge is 0.482 e. The molecule has 2 heterocycles. The molecular weight excluding hydrogens is 291 g/mol. The summed E-state index contributed by atoms with van der Waals surface area (Å²) in [5.74, 6) is 1.57. The Morgan fingerprint density at radius 3 is 2.91 bits per heavy atom. The molecule has 1 aromatic rings. The van der Waals surface area contributed by atoms with E-state index in [-0.39, 0.29) is 12.5 Å². The van der Waals surface area contributed by atoms with Gasteiger partial charge >= 0.3 is 0 Å². The molecule has 0 bridgehead atoms. The Labute approximate surface area is 138 Å². The van der Waals surface area contributed by atoms with Crippen molar-refractivity contribution < 1.29 is 14.2 Å². The Balaban J connectivity index is 1.54. The highest BCUT2D eigenvalue weighted by atomic mass is 16.5. The lowest BCUT2D eigenvalue weighted by Crippen LogP contribution is -2.35. The normalized spacial score (nSPS) is 18.8. The van der Waals surface area contributed by atoms with Gasteiger partial charge in [0.05, 0.1) is 12.4 Å². The molecule has 0 spiro atoms. The lowest BCUT2D eigenvalue weighted by Gasteiger charge is -2.27. The third-order valence-corrected chi connectivity index (χ3v) is 5.08. The standard InChI is InChI=1S/C17H25BN2O3/c1-20-15-10-14(4-5-16(15)22-11-17(20)21)3-2-13-6-8-18(9-7-13)23-12-19/h4-5,10,13H,2-3,6-9,11-12,19H2,1H3. The van der Waals surface area contributed by atoms with Crippen LogP contribution in [0.5, 0.6) is 5.75 Å². The Morgan fingerprint density at radius 1 is 1.39 bits per heavy atom. The van der Waals surface area contributed by atoms with Gasteiger partial charge in [0.25, 0.3) is 12.8 Å². The molecule has 0 radical (unpaired) electrons. The molecule has 0 aliphatic carbocycles. The Hall–Kier alpha value is -1.53. The number of carbonyl (C=O) groups is 1. The fourth-order valence-electron chi connectivity index (χ4n) is 3.57. The van der Waals surface area contributed by atoms with E-state index in [0.29, 0.717) is 13.6 Å². The van der Waals surface area contributed by atoms with Gasteiger partial charge in [-0.3, -0.25) is 4.79 Å². The van der Waals surface area contributed by atoms with Crippen molar-refractivity contribution in [2.45, 2.75) is 38.3 Å². The average Bonchev–Trinajstić information content (AvgIpc) is 2.58. The number of ether oxygens (including phenoxy) is 1. The molecule has 1 saturated heterocycles. The molecule has 0 unspecified atom stereocenters. The molecule has 0 atom stereocenters. The summed E-state index contributed by atoms with van der Waals surface area (Å²) in [5, 5.41) is 0.